The fourth-order valence-electron chi connectivity index (χ4n) is 4.56. The number of aromatic nitrogens is 2. The number of carboxylic acids is 1. The minimum absolute atomic E-state index is 0.103. The molecule has 3 aromatic rings. The van der Waals surface area contributed by atoms with E-state index < -0.39 is 35.1 Å². The molecule has 1 aromatic heterocycles. The molecule has 11 heteroatoms. The van der Waals surface area contributed by atoms with Crippen molar-refractivity contribution in [1.29, 1.82) is 0 Å². The number of carbonyl (C=O) groups is 2. The lowest BCUT2D eigenvalue weighted by Crippen LogP contribution is -2.32. The summed E-state index contributed by atoms with van der Waals surface area (Å²) >= 11 is 0. The molecule has 0 spiro atoms. The summed E-state index contributed by atoms with van der Waals surface area (Å²) in [6, 6.07) is 8.17. The summed E-state index contributed by atoms with van der Waals surface area (Å²) in [5, 5.41) is 13.7. The number of hydrogen-bond donors (Lipinski definition) is 1. The van der Waals surface area contributed by atoms with Crippen LogP contribution < -0.4 is 4.90 Å². The van der Waals surface area contributed by atoms with Crippen molar-refractivity contribution in [2.75, 3.05) is 31.1 Å². The van der Waals surface area contributed by atoms with E-state index in [-0.39, 0.29) is 23.4 Å². The standard InChI is InChI=1S/C29H33F3N4O4/c1-29(2,3)36-18-20(26(33-36)22-11-12-23(30)25(32)24(22)31)17-34-13-4-5-15-35(28(39)40-16-6-14-34)21-9-7-19(8-10-21)27(37)38/h7-12,18H,4-6,13-17H2,1-3H3,(H,37,38). The first-order valence-corrected chi connectivity index (χ1v) is 13.2. The van der Waals surface area contributed by atoms with Crippen LogP contribution in [0.3, 0.4) is 0 Å². The average molecular weight is 559 g/mol. The molecule has 0 aliphatic carbocycles. The highest BCUT2D eigenvalue weighted by atomic mass is 19.2. The van der Waals surface area contributed by atoms with Gasteiger partial charge in [-0.3, -0.25) is 14.5 Å². The van der Waals surface area contributed by atoms with Crippen LogP contribution in [-0.2, 0) is 16.8 Å². The second-order valence-electron chi connectivity index (χ2n) is 10.8. The fourth-order valence-corrected chi connectivity index (χ4v) is 4.56. The van der Waals surface area contributed by atoms with E-state index in [0.29, 0.717) is 50.3 Å². The lowest BCUT2D eigenvalue weighted by molar-refractivity contribution is 0.0697. The number of cyclic esters (lactones) is 1. The van der Waals surface area contributed by atoms with E-state index in [1.54, 1.807) is 16.8 Å². The Kier molecular flexibility index (Phi) is 8.82. The third kappa shape index (κ3) is 6.64. The molecule has 4 rings (SSSR count). The van der Waals surface area contributed by atoms with E-state index in [2.05, 4.69) is 10.00 Å². The Hall–Kier alpha value is -3.86. The molecule has 1 amide bonds. The van der Waals surface area contributed by atoms with Crippen LogP contribution in [0.25, 0.3) is 11.3 Å². The minimum atomic E-state index is -1.53. The molecule has 2 aromatic carbocycles. The number of nitrogens with zero attached hydrogens (tertiary/aromatic N) is 4. The van der Waals surface area contributed by atoms with Gasteiger partial charge in [0.1, 0.15) is 0 Å². The lowest BCUT2D eigenvalue weighted by atomic mass is 10.1. The number of halogens is 3. The maximum atomic E-state index is 14.8. The molecule has 1 aliphatic rings. The van der Waals surface area contributed by atoms with Gasteiger partial charge < -0.3 is 9.84 Å². The number of amides is 1. The molecule has 0 bridgehead atoms. The SMILES string of the molecule is CC(C)(C)n1cc(CN2CCCCN(c3ccc(C(=O)O)cc3)C(=O)OCCC2)c(-c2ccc(F)c(F)c2F)n1. The van der Waals surface area contributed by atoms with Gasteiger partial charge in [-0.2, -0.15) is 5.10 Å². The third-order valence-electron chi connectivity index (χ3n) is 6.76. The summed E-state index contributed by atoms with van der Waals surface area (Å²) in [5.41, 5.74) is 1.08. The van der Waals surface area contributed by atoms with Gasteiger partial charge in [-0.05, 0) is 83.0 Å². The van der Waals surface area contributed by atoms with Crippen LogP contribution in [0.15, 0.2) is 42.6 Å². The molecule has 214 valence electrons. The number of aromatic carboxylic acids is 1. The molecular weight excluding hydrogens is 525 g/mol. The Bertz CT molecular complexity index is 1370. The van der Waals surface area contributed by atoms with Crippen LogP contribution in [0.5, 0.6) is 0 Å². The maximum Gasteiger partial charge on any atom is 0.414 e. The van der Waals surface area contributed by atoms with Crippen molar-refractivity contribution in [1.82, 2.24) is 14.7 Å². The van der Waals surface area contributed by atoms with Crippen molar-refractivity contribution in [3.05, 3.63) is 71.2 Å². The second-order valence-corrected chi connectivity index (χ2v) is 10.8. The van der Waals surface area contributed by atoms with E-state index in [1.165, 1.54) is 23.1 Å². The zero-order valence-electron chi connectivity index (χ0n) is 22.8. The van der Waals surface area contributed by atoms with Gasteiger partial charge in [0.25, 0.3) is 0 Å². The van der Waals surface area contributed by atoms with Gasteiger partial charge >= 0.3 is 12.1 Å². The predicted molar refractivity (Wildman–Crippen MR) is 144 cm³/mol. The molecule has 0 unspecified atom stereocenters. The second kappa shape index (κ2) is 12.1. The number of benzene rings is 2. The molecule has 0 saturated carbocycles. The monoisotopic (exact) mass is 558 g/mol. The normalized spacial score (nSPS) is 15.9. The first-order valence-electron chi connectivity index (χ1n) is 13.2. The van der Waals surface area contributed by atoms with Crippen LogP contribution in [0, 0.1) is 17.5 Å². The lowest BCUT2D eigenvalue weighted by Gasteiger charge is -2.22. The van der Waals surface area contributed by atoms with Gasteiger partial charge in [0.2, 0.25) is 0 Å². The molecule has 1 N–H and O–H groups in total. The van der Waals surface area contributed by atoms with Gasteiger partial charge in [0, 0.05) is 42.6 Å². The van der Waals surface area contributed by atoms with Gasteiger partial charge in [-0.15, -0.1) is 0 Å². The van der Waals surface area contributed by atoms with Crippen molar-refractivity contribution in [2.24, 2.45) is 0 Å². The van der Waals surface area contributed by atoms with Crippen LogP contribution in [0.1, 0.15) is 56.0 Å². The van der Waals surface area contributed by atoms with E-state index in [0.717, 1.165) is 12.5 Å². The molecule has 1 fully saturated rings. The Morgan fingerprint density at radius 2 is 1.65 bits per heavy atom. The smallest absolute Gasteiger partial charge is 0.414 e. The predicted octanol–water partition coefficient (Wildman–Crippen LogP) is 6.05. The Morgan fingerprint density at radius 1 is 0.975 bits per heavy atom. The van der Waals surface area contributed by atoms with Crippen molar-refractivity contribution in [3.8, 4) is 11.3 Å². The zero-order valence-corrected chi connectivity index (χ0v) is 22.8. The van der Waals surface area contributed by atoms with E-state index in [9.17, 15) is 22.8 Å². The molecule has 40 heavy (non-hydrogen) atoms. The van der Waals surface area contributed by atoms with Gasteiger partial charge in [-0.25, -0.2) is 22.8 Å². The number of rotatable bonds is 5. The summed E-state index contributed by atoms with van der Waals surface area (Å²) < 4.78 is 49.7. The minimum Gasteiger partial charge on any atom is -0.478 e. The molecule has 2 heterocycles. The summed E-state index contributed by atoms with van der Waals surface area (Å²) in [6.07, 6.45) is 3.24. The fraction of sp³-hybridized carbons (Fsp3) is 0.414. The summed E-state index contributed by atoms with van der Waals surface area (Å²) in [6.45, 7) is 8.02. The van der Waals surface area contributed by atoms with Crippen LogP contribution >= 0.6 is 0 Å². The van der Waals surface area contributed by atoms with Crippen molar-refractivity contribution in [3.63, 3.8) is 0 Å². The largest absolute Gasteiger partial charge is 0.478 e. The first kappa shape index (κ1) is 29.1. The molecule has 0 radical (unpaired) electrons. The van der Waals surface area contributed by atoms with Gasteiger partial charge in [-0.1, -0.05) is 0 Å². The quantitative estimate of drug-likeness (QED) is 0.384. The van der Waals surface area contributed by atoms with E-state index in [4.69, 9.17) is 9.84 Å². The topological polar surface area (TPSA) is 87.9 Å². The number of carbonyl (C=O) groups excluding carboxylic acids is 1. The Labute approximate surface area is 231 Å². The first-order chi connectivity index (χ1) is 19.0. The van der Waals surface area contributed by atoms with Gasteiger partial charge in [0.15, 0.2) is 17.5 Å². The highest BCUT2D eigenvalue weighted by Crippen LogP contribution is 2.30. The van der Waals surface area contributed by atoms with Gasteiger partial charge in [0.05, 0.1) is 23.4 Å². The number of anilines is 1. The summed E-state index contributed by atoms with van der Waals surface area (Å²) in [5.74, 6) is -5.11. The Morgan fingerprint density at radius 3 is 2.33 bits per heavy atom. The molecule has 1 aliphatic heterocycles. The third-order valence-corrected chi connectivity index (χ3v) is 6.76. The van der Waals surface area contributed by atoms with Crippen molar-refractivity contribution >= 4 is 17.7 Å². The van der Waals surface area contributed by atoms with E-state index >= 15 is 0 Å². The molecule has 0 atom stereocenters. The molecular formula is C29H33F3N4O4. The zero-order chi connectivity index (χ0) is 29.0. The van der Waals surface area contributed by atoms with E-state index in [1.807, 2.05) is 27.0 Å². The van der Waals surface area contributed by atoms with Crippen LogP contribution in [-0.4, -0.2) is 58.1 Å². The van der Waals surface area contributed by atoms with Crippen LogP contribution in [0.4, 0.5) is 23.7 Å². The number of carboxylic acid groups (broad SMARTS) is 1. The summed E-state index contributed by atoms with van der Waals surface area (Å²) in [7, 11) is 0. The maximum absolute atomic E-state index is 14.8. The van der Waals surface area contributed by atoms with Crippen molar-refractivity contribution < 1.29 is 32.6 Å². The average Bonchev–Trinajstić information content (AvgIpc) is 3.32. The molecule has 8 nitrogen and oxygen atoms in total. The highest BCUT2D eigenvalue weighted by Gasteiger charge is 2.25. The summed E-state index contributed by atoms with van der Waals surface area (Å²) in [4.78, 5) is 27.6. The van der Waals surface area contributed by atoms with Crippen molar-refractivity contribution in [2.45, 2.75) is 52.1 Å². The highest BCUT2D eigenvalue weighted by molar-refractivity contribution is 5.90. The Balaban J connectivity index is 1.53. The number of hydrogen-bond acceptors (Lipinski definition) is 5. The number of ether oxygens (including phenoxy) is 1. The molecule has 1 saturated heterocycles. The van der Waals surface area contributed by atoms with Crippen LogP contribution in [0.2, 0.25) is 0 Å².